The van der Waals surface area contributed by atoms with Gasteiger partial charge < -0.3 is 10.2 Å². The first-order valence-corrected chi connectivity index (χ1v) is 16.3. The molecule has 1 aliphatic carbocycles. The molecule has 0 spiro atoms. The van der Waals surface area contributed by atoms with Gasteiger partial charge in [0.1, 0.15) is 12.6 Å². The zero-order chi connectivity index (χ0) is 29.4. The predicted molar refractivity (Wildman–Crippen MR) is 164 cm³/mol. The second-order valence-corrected chi connectivity index (χ2v) is 13.1. The van der Waals surface area contributed by atoms with Crippen molar-refractivity contribution in [2.24, 2.45) is 0 Å². The molecule has 41 heavy (non-hydrogen) atoms. The maximum Gasteiger partial charge on any atom is 0.244 e. The second kappa shape index (κ2) is 14.0. The van der Waals surface area contributed by atoms with Crippen molar-refractivity contribution in [2.75, 3.05) is 17.1 Å². The van der Waals surface area contributed by atoms with Crippen LogP contribution in [-0.4, -0.2) is 50.0 Å². The zero-order valence-electron chi connectivity index (χ0n) is 23.6. The summed E-state index contributed by atoms with van der Waals surface area (Å²) in [5.41, 5.74) is 2.83. The molecule has 218 valence electrons. The third kappa shape index (κ3) is 8.57. The van der Waals surface area contributed by atoms with E-state index in [1.54, 1.807) is 30.3 Å². The van der Waals surface area contributed by atoms with Gasteiger partial charge >= 0.3 is 0 Å². The van der Waals surface area contributed by atoms with Gasteiger partial charge in [-0.2, -0.15) is 0 Å². The molecule has 3 aromatic rings. The van der Waals surface area contributed by atoms with Crippen molar-refractivity contribution in [1.82, 2.24) is 10.2 Å². The molecule has 1 atom stereocenters. The van der Waals surface area contributed by atoms with E-state index in [-0.39, 0.29) is 24.9 Å². The number of benzene rings is 3. The highest BCUT2D eigenvalue weighted by molar-refractivity contribution is 7.92. The molecule has 9 heteroatoms. The van der Waals surface area contributed by atoms with Crippen molar-refractivity contribution < 1.29 is 18.0 Å². The van der Waals surface area contributed by atoms with Crippen molar-refractivity contribution in [3.8, 4) is 0 Å². The quantitative estimate of drug-likeness (QED) is 0.317. The van der Waals surface area contributed by atoms with Gasteiger partial charge in [-0.15, -0.1) is 0 Å². The van der Waals surface area contributed by atoms with Gasteiger partial charge in [-0.05, 0) is 54.7 Å². The van der Waals surface area contributed by atoms with Gasteiger partial charge in [-0.3, -0.25) is 13.9 Å². The lowest BCUT2D eigenvalue weighted by Crippen LogP contribution is -2.55. The number of nitrogens with zero attached hydrogens (tertiary/aromatic N) is 2. The number of halogens is 1. The molecule has 7 nitrogen and oxygen atoms in total. The summed E-state index contributed by atoms with van der Waals surface area (Å²) in [5.74, 6) is -0.737. The Balaban J connectivity index is 1.73. The Hall–Kier alpha value is -3.36. The van der Waals surface area contributed by atoms with E-state index in [4.69, 9.17) is 11.6 Å². The summed E-state index contributed by atoms with van der Waals surface area (Å²) in [6, 6.07) is 22.9. The Morgan fingerprint density at radius 2 is 1.63 bits per heavy atom. The van der Waals surface area contributed by atoms with Gasteiger partial charge in [-0.25, -0.2) is 8.42 Å². The van der Waals surface area contributed by atoms with E-state index in [9.17, 15) is 18.0 Å². The van der Waals surface area contributed by atoms with Crippen LogP contribution in [0.3, 0.4) is 0 Å². The highest BCUT2D eigenvalue weighted by Gasteiger charge is 2.34. The Bertz CT molecular complexity index is 1440. The van der Waals surface area contributed by atoms with Crippen LogP contribution in [0.1, 0.15) is 48.8 Å². The van der Waals surface area contributed by atoms with Gasteiger partial charge in [-0.1, -0.05) is 91.5 Å². The Morgan fingerprint density at radius 3 is 2.29 bits per heavy atom. The van der Waals surface area contributed by atoms with Crippen LogP contribution in [-0.2, 0) is 32.6 Å². The first-order chi connectivity index (χ1) is 19.6. The fraction of sp³-hybridized carbons (Fsp3) is 0.375. The lowest BCUT2D eigenvalue weighted by molar-refractivity contribution is -0.140. The number of carbonyl (C=O) groups is 2. The predicted octanol–water partition coefficient (Wildman–Crippen LogP) is 5.50. The van der Waals surface area contributed by atoms with Gasteiger partial charge in [0.2, 0.25) is 21.8 Å². The second-order valence-electron chi connectivity index (χ2n) is 10.8. The minimum Gasteiger partial charge on any atom is -0.352 e. The van der Waals surface area contributed by atoms with Crippen LogP contribution >= 0.6 is 11.6 Å². The fourth-order valence-electron chi connectivity index (χ4n) is 5.31. The molecule has 0 saturated heterocycles. The number of hydrogen-bond donors (Lipinski definition) is 1. The summed E-state index contributed by atoms with van der Waals surface area (Å²) in [6.07, 6.45) is 6.41. The van der Waals surface area contributed by atoms with Crippen molar-refractivity contribution in [3.63, 3.8) is 0 Å². The third-order valence-electron chi connectivity index (χ3n) is 7.49. The highest BCUT2D eigenvalue weighted by atomic mass is 35.5. The number of sulfonamides is 1. The Labute approximate surface area is 248 Å². The number of aryl methyl sites for hydroxylation is 1. The zero-order valence-corrected chi connectivity index (χ0v) is 25.2. The molecular weight excluding hydrogens is 558 g/mol. The summed E-state index contributed by atoms with van der Waals surface area (Å²) in [7, 11) is -3.81. The Kier molecular flexibility index (Phi) is 10.5. The van der Waals surface area contributed by atoms with Crippen molar-refractivity contribution >= 4 is 39.1 Å². The van der Waals surface area contributed by atoms with Gasteiger partial charge in [0.05, 0.1) is 11.9 Å². The highest BCUT2D eigenvalue weighted by Crippen LogP contribution is 2.24. The van der Waals surface area contributed by atoms with Crippen LogP contribution in [0.2, 0.25) is 5.02 Å². The molecule has 2 amide bonds. The molecule has 1 aliphatic rings. The lowest BCUT2D eigenvalue weighted by atomic mass is 9.94. The molecule has 0 aliphatic heterocycles. The van der Waals surface area contributed by atoms with E-state index in [1.807, 2.05) is 55.5 Å². The summed E-state index contributed by atoms with van der Waals surface area (Å²) < 4.78 is 26.9. The summed E-state index contributed by atoms with van der Waals surface area (Å²) >= 11 is 6.52. The molecule has 1 N–H and O–H groups in total. The summed E-state index contributed by atoms with van der Waals surface area (Å²) in [6.45, 7) is 1.47. The fourth-order valence-corrected chi connectivity index (χ4v) is 6.34. The first kappa shape index (κ1) is 30.6. The average Bonchev–Trinajstić information content (AvgIpc) is 2.95. The van der Waals surface area contributed by atoms with E-state index in [0.717, 1.165) is 53.8 Å². The smallest absolute Gasteiger partial charge is 0.244 e. The third-order valence-corrected chi connectivity index (χ3v) is 9.00. The number of hydrogen-bond acceptors (Lipinski definition) is 4. The SMILES string of the molecule is Cc1cccc(N(CC(=O)N(Cc2ccccc2Cl)[C@H](Cc2ccccc2)C(=O)NC2CCCCC2)S(C)(=O)=O)c1. The molecule has 0 bridgehead atoms. The van der Waals surface area contributed by atoms with Gasteiger partial charge in [0.25, 0.3) is 0 Å². The molecule has 1 fully saturated rings. The minimum atomic E-state index is -3.81. The molecule has 4 rings (SSSR count). The van der Waals surface area contributed by atoms with E-state index in [0.29, 0.717) is 16.3 Å². The average molecular weight is 596 g/mol. The summed E-state index contributed by atoms with van der Waals surface area (Å²) in [5, 5.41) is 3.67. The molecule has 0 aromatic heterocycles. The van der Waals surface area contributed by atoms with Crippen LogP contribution in [0.4, 0.5) is 5.69 Å². The van der Waals surface area contributed by atoms with Crippen LogP contribution in [0.15, 0.2) is 78.9 Å². The minimum absolute atomic E-state index is 0.0478. The van der Waals surface area contributed by atoms with E-state index < -0.39 is 28.5 Å². The van der Waals surface area contributed by atoms with Crippen molar-refractivity contribution in [2.45, 2.75) is 64.1 Å². The van der Waals surface area contributed by atoms with E-state index in [2.05, 4.69) is 5.32 Å². The Morgan fingerprint density at radius 1 is 0.951 bits per heavy atom. The number of rotatable bonds is 11. The number of carbonyl (C=O) groups excluding carboxylic acids is 2. The van der Waals surface area contributed by atoms with Crippen LogP contribution < -0.4 is 9.62 Å². The molecule has 0 heterocycles. The maximum absolute atomic E-state index is 14.2. The molecule has 1 saturated carbocycles. The van der Waals surface area contributed by atoms with Gasteiger partial charge in [0, 0.05) is 24.0 Å². The molecule has 0 radical (unpaired) electrons. The largest absolute Gasteiger partial charge is 0.352 e. The lowest BCUT2D eigenvalue weighted by Gasteiger charge is -2.35. The van der Waals surface area contributed by atoms with Gasteiger partial charge in [0.15, 0.2) is 0 Å². The van der Waals surface area contributed by atoms with Crippen LogP contribution in [0, 0.1) is 6.92 Å². The summed E-state index contributed by atoms with van der Waals surface area (Å²) in [4.78, 5) is 29.7. The van der Waals surface area contributed by atoms with Crippen molar-refractivity contribution in [3.05, 3.63) is 101 Å². The molecule has 3 aromatic carbocycles. The standard InChI is InChI=1S/C32H38ClN3O4S/c1-24-12-11-18-28(20-24)36(41(2,39)40)23-31(37)35(22-26-15-9-10-19-29(26)33)30(21-25-13-5-3-6-14-25)32(38)34-27-16-7-4-8-17-27/h3,5-6,9-15,18-20,27,30H,4,7-8,16-17,21-23H2,1-2H3,(H,34,38)/t30-/m1/s1. The van der Waals surface area contributed by atoms with E-state index >= 15 is 0 Å². The number of anilines is 1. The molecular formula is C32H38ClN3O4S. The van der Waals surface area contributed by atoms with Crippen LogP contribution in [0.25, 0.3) is 0 Å². The number of amides is 2. The first-order valence-electron chi connectivity index (χ1n) is 14.0. The number of nitrogens with one attached hydrogen (secondary N) is 1. The van der Waals surface area contributed by atoms with Crippen molar-refractivity contribution in [1.29, 1.82) is 0 Å². The molecule has 0 unspecified atom stereocenters. The van der Waals surface area contributed by atoms with E-state index in [1.165, 1.54) is 4.90 Å². The van der Waals surface area contributed by atoms with Crippen LogP contribution in [0.5, 0.6) is 0 Å². The monoisotopic (exact) mass is 595 g/mol. The maximum atomic E-state index is 14.2. The topological polar surface area (TPSA) is 86.8 Å². The normalized spacial score (nSPS) is 14.7.